The van der Waals surface area contributed by atoms with Gasteiger partial charge >= 0.3 is 0 Å². The molecular formula is C9H19NO3. The van der Waals surface area contributed by atoms with Gasteiger partial charge in [0.2, 0.25) is 5.91 Å². The molecule has 0 bridgehead atoms. The second-order valence-electron chi connectivity index (χ2n) is 2.54. The molecular weight excluding hydrogens is 170 g/mol. The number of hydrogen-bond acceptors (Lipinski definition) is 3. The average Bonchev–Trinajstić information content (AvgIpc) is 2.14. The Bertz CT molecular complexity index is 135. The first-order valence-electron chi connectivity index (χ1n) is 4.78. The van der Waals surface area contributed by atoms with Crippen LogP contribution in [0.3, 0.4) is 0 Å². The third-order valence-corrected chi connectivity index (χ3v) is 1.72. The minimum atomic E-state index is 0.115. The summed E-state index contributed by atoms with van der Waals surface area (Å²) in [6, 6.07) is 0. The lowest BCUT2D eigenvalue weighted by atomic mass is 10.3. The lowest BCUT2D eigenvalue weighted by Crippen LogP contribution is -2.31. The molecule has 0 atom stereocenters. The highest BCUT2D eigenvalue weighted by Gasteiger charge is 2.08. The number of nitrogens with zero attached hydrogens (tertiary/aromatic N) is 1. The molecule has 0 aliphatic carbocycles. The molecule has 0 spiro atoms. The van der Waals surface area contributed by atoms with Gasteiger partial charge in [-0.05, 0) is 20.8 Å². The maximum Gasteiger partial charge on any atom is 0.224 e. The molecule has 0 saturated heterocycles. The molecule has 0 rings (SSSR count). The van der Waals surface area contributed by atoms with Gasteiger partial charge in [-0.15, -0.1) is 0 Å². The Morgan fingerprint density at radius 1 is 1.15 bits per heavy atom. The van der Waals surface area contributed by atoms with E-state index in [1.165, 1.54) is 0 Å². The van der Waals surface area contributed by atoms with Gasteiger partial charge in [-0.25, -0.2) is 9.78 Å². The fraction of sp³-hybridized carbons (Fsp3) is 0.889. The number of hydrogen-bond donors (Lipinski definition) is 0. The van der Waals surface area contributed by atoms with Crippen molar-refractivity contribution in [2.24, 2.45) is 0 Å². The molecule has 0 N–H and O–H groups in total. The SMILES string of the molecule is CCOOCCC(=O)N(CC)CC. The number of rotatable bonds is 7. The first-order chi connectivity index (χ1) is 6.26. The quantitative estimate of drug-likeness (QED) is 0.343. The summed E-state index contributed by atoms with van der Waals surface area (Å²) in [4.78, 5) is 22.5. The van der Waals surface area contributed by atoms with Crippen LogP contribution in [-0.2, 0) is 14.6 Å². The molecule has 0 aromatic heterocycles. The summed E-state index contributed by atoms with van der Waals surface area (Å²) >= 11 is 0. The number of carbonyl (C=O) groups is 1. The predicted molar refractivity (Wildman–Crippen MR) is 50.1 cm³/mol. The van der Waals surface area contributed by atoms with Crippen LogP contribution >= 0.6 is 0 Å². The third kappa shape index (κ3) is 5.60. The molecule has 0 aliphatic rings. The van der Waals surface area contributed by atoms with E-state index in [0.717, 1.165) is 13.1 Å². The first kappa shape index (κ1) is 12.4. The topological polar surface area (TPSA) is 38.8 Å². The fourth-order valence-corrected chi connectivity index (χ4v) is 1.01. The van der Waals surface area contributed by atoms with E-state index in [9.17, 15) is 4.79 Å². The van der Waals surface area contributed by atoms with Gasteiger partial charge in [-0.2, -0.15) is 0 Å². The van der Waals surface area contributed by atoms with E-state index in [4.69, 9.17) is 4.89 Å². The number of carbonyl (C=O) groups excluding carboxylic acids is 1. The van der Waals surface area contributed by atoms with Gasteiger partial charge in [0.25, 0.3) is 0 Å². The smallest absolute Gasteiger partial charge is 0.224 e. The van der Waals surface area contributed by atoms with Crippen molar-refractivity contribution in [2.75, 3.05) is 26.3 Å². The average molecular weight is 189 g/mol. The fourth-order valence-electron chi connectivity index (χ4n) is 1.01. The normalized spacial score (nSPS) is 10.1. The van der Waals surface area contributed by atoms with Crippen molar-refractivity contribution in [2.45, 2.75) is 27.2 Å². The zero-order valence-electron chi connectivity index (χ0n) is 8.71. The molecule has 0 radical (unpaired) electrons. The van der Waals surface area contributed by atoms with Crippen LogP contribution in [0.2, 0.25) is 0 Å². The summed E-state index contributed by atoms with van der Waals surface area (Å²) in [5.41, 5.74) is 0. The molecule has 0 aromatic carbocycles. The molecule has 0 fully saturated rings. The molecule has 0 aromatic rings. The van der Waals surface area contributed by atoms with Crippen molar-refractivity contribution in [3.05, 3.63) is 0 Å². The molecule has 0 heterocycles. The second-order valence-corrected chi connectivity index (χ2v) is 2.54. The van der Waals surface area contributed by atoms with Crippen LogP contribution in [-0.4, -0.2) is 37.1 Å². The van der Waals surface area contributed by atoms with Gasteiger partial charge in [0.15, 0.2) is 0 Å². The van der Waals surface area contributed by atoms with E-state index in [2.05, 4.69) is 4.89 Å². The van der Waals surface area contributed by atoms with Crippen molar-refractivity contribution in [3.63, 3.8) is 0 Å². The Hall–Kier alpha value is -0.610. The van der Waals surface area contributed by atoms with Gasteiger partial charge in [0.05, 0.1) is 19.6 Å². The van der Waals surface area contributed by atoms with Gasteiger partial charge in [0, 0.05) is 13.1 Å². The predicted octanol–water partition coefficient (Wildman–Crippen LogP) is 1.21. The highest BCUT2D eigenvalue weighted by molar-refractivity contribution is 5.76. The van der Waals surface area contributed by atoms with Crippen LogP contribution in [0.4, 0.5) is 0 Å². The molecule has 4 heteroatoms. The molecule has 4 nitrogen and oxygen atoms in total. The van der Waals surface area contributed by atoms with Crippen LogP contribution in [0, 0.1) is 0 Å². The maximum absolute atomic E-state index is 11.4. The largest absolute Gasteiger partial charge is 0.343 e. The Kier molecular flexibility index (Phi) is 7.63. The van der Waals surface area contributed by atoms with Crippen molar-refractivity contribution in [3.8, 4) is 0 Å². The monoisotopic (exact) mass is 189 g/mol. The zero-order chi connectivity index (χ0) is 10.1. The zero-order valence-corrected chi connectivity index (χ0v) is 8.71. The lowest BCUT2D eigenvalue weighted by Gasteiger charge is -2.17. The van der Waals surface area contributed by atoms with Crippen LogP contribution in [0.1, 0.15) is 27.2 Å². The van der Waals surface area contributed by atoms with Crippen LogP contribution in [0.5, 0.6) is 0 Å². The number of amides is 1. The molecule has 0 saturated carbocycles. The standard InChI is InChI=1S/C9H19NO3/c1-4-10(5-2)9(11)7-8-13-12-6-3/h4-8H2,1-3H3. The molecule has 1 amide bonds. The first-order valence-corrected chi connectivity index (χ1v) is 4.78. The van der Waals surface area contributed by atoms with Crippen molar-refractivity contribution in [1.82, 2.24) is 4.90 Å². The summed E-state index contributed by atoms with van der Waals surface area (Å²) in [6.07, 6.45) is 0.391. The summed E-state index contributed by atoms with van der Waals surface area (Å²) in [5, 5.41) is 0. The van der Waals surface area contributed by atoms with Gasteiger partial charge in [-0.3, -0.25) is 4.79 Å². The highest BCUT2D eigenvalue weighted by Crippen LogP contribution is 1.94. The Morgan fingerprint density at radius 2 is 1.77 bits per heavy atom. The molecule has 13 heavy (non-hydrogen) atoms. The minimum absolute atomic E-state index is 0.115. The van der Waals surface area contributed by atoms with E-state index >= 15 is 0 Å². The highest BCUT2D eigenvalue weighted by atomic mass is 17.2. The summed E-state index contributed by atoms with van der Waals surface area (Å²) in [7, 11) is 0. The maximum atomic E-state index is 11.4. The summed E-state index contributed by atoms with van der Waals surface area (Å²) in [6.45, 7) is 8.12. The van der Waals surface area contributed by atoms with E-state index in [-0.39, 0.29) is 5.91 Å². The second kappa shape index (κ2) is 8.01. The summed E-state index contributed by atoms with van der Waals surface area (Å²) in [5.74, 6) is 0.115. The third-order valence-electron chi connectivity index (χ3n) is 1.72. The van der Waals surface area contributed by atoms with E-state index in [1.807, 2.05) is 20.8 Å². The molecule has 0 unspecified atom stereocenters. The van der Waals surface area contributed by atoms with E-state index in [0.29, 0.717) is 19.6 Å². The van der Waals surface area contributed by atoms with E-state index < -0.39 is 0 Å². The van der Waals surface area contributed by atoms with Gasteiger partial charge < -0.3 is 4.90 Å². The molecule has 78 valence electrons. The Morgan fingerprint density at radius 3 is 2.23 bits per heavy atom. The lowest BCUT2D eigenvalue weighted by molar-refractivity contribution is -0.290. The van der Waals surface area contributed by atoms with Gasteiger partial charge in [-0.1, -0.05) is 0 Å². The Labute approximate surface area is 79.7 Å². The molecule has 0 aliphatic heterocycles. The van der Waals surface area contributed by atoms with Crippen LogP contribution in [0.25, 0.3) is 0 Å². The summed E-state index contributed by atoms with van der Waals surface area (Å²) < 4.78 is 0. The van der Waals surface area contributed by atoms with Crippen LogP contribution in [0.15, 0.2) is 0 Å². The van der Waals surface area contributed by atoms with Gasteiger partial charge in [0.1, 0.15) is 0 Å². The van der Waals surface area contributed by atoms with Crippen molar-refractivity contribution in [1.29, 1.82) is 0 Å². The van der Waals surface area contributed by atoms with Crippen LogP contribution < -0.4 is 0 Å². The van der Waals surface area contributed by atoms with Crippen molar-refractivity contribution < 1.29 is 14.6 Å². The van der Waals surface area contributed by atoms with E-state index in [1.54, 1.807) is 4.90 Å². The van der Waals surface area contributed by atoms with Crippen molar-refractivity contribution >= 4 is 5.91 Å². The Balaban J connectivity index is 3.48. The minimum Gasteiger partial charge on any atom is -0.343 e.